The van der Waals surface area contributed by atoms with Crippen LogP contribution in [0.2, 0.25) is 0 Å². The van der Waals surface area contributed by atoms with Gasteiger partial charge in [0, 0.05) is 6.42 Å². The van der Waals surface area contributed by atoms with E-state index in [0.717, 1.165) is 29.2 Å². The Kier molecular flexibility index (Phi) is 1.68. The quantitative estimate of drug-likeness (QED) is 0.633. The number of nitrogens with zero attached hydrogens (tertiary/aromatic N) is 1. The number of hydrogen-bond donors (Lipinski definition) is 2. The minimum Gasteiger partial charge on any atom is -0.495 e. The van der Waals surface area contributed by atoms with E-state index in [2.05, 4.69) is 21.6 Å². The lowest BCUT2D eigenvalue weighted by atomic mass is 10.0. The van der Waals surface area contributed by atoms with Crippen LogP contribution in [0, 0.1) is 0 Å². The summed E-state index contributed by atoms with van der Waals surface area (Å²) >= 11 is 0. The van der Waals surface area contributed by atoms with Crippen molar-refractivity contribution >= 4 is 11.4 Å². The van der Waals surface area contributed by atoms with Gasteiger partial charge >= 0.3 is 0 Å². The highest BCUT2D eigenvalue weighted by atomic mass is 16.5. The summed E-state index contributed by atoms with van der Waals surface area (Å²) < 4.78 is 5.31. The summed E-state index contributed by atoms with van der Waals surface area (Å²) in [5.74, 6) is 0.874. The van der Waals surface area contributed by atoms with E-state index >= 15 is 0 Å². The van der Waals surface area contributed by atoms with Crippen LogP contribution < -0.4 is 10.1 Å². The molecular weight excluding hydrogens is 190 g/mol. The van der Waals surface area contributed by atoms with Crippen molar-refractivity contribution in [3.05, 3.63) is 35.7 Å². The first-order valence-electron chi connectivity index (χ1n) is 4.83. The fourth-order valence-electron chi connectivity index (χ4n) is 1.92. The monoisotopic (exact) mass is 201 g/mol. The summed E-state index contributed by atoms with van der Waals surface area (Å²) in [5, 5.41) is 10.3. The van der Waals surface area contributed by atoms with Crippen LogP contribution in [0.4, 0.5) is 11.4 Å². The Balaban J connectivity index is 2.13. The Bertz CT molecular complexity index is 504. The predicted molar refractivity (Wildman–Crippen MR) is 57.7 cm³/mol. The number of ether oxygens (including phenoxy) is 1. The first kappa shape index (κ1) is 8.35. The van der Waals surface area contributed by atoms with E-state index in [1.165, 1.54) is 5.56 Å². The molecule has 1 aliphatic heterocycles. The molecule has 0 aliphatic carbocycles. The maximum Gasteiger partial charge on any atom is 0.142 e. The highest BCUT2D eigenvalue weighted by molar-refractivity contribution is 5.74. The van der Waals surface area contributed by atoms with Crippen LogP contribution in [-0.2, 0) is 6.42 Å². The molecule has 2 aromatic rings. The average Bonchev–Trinajstić information content (AvgIpc) is 2.72. The normalized spacial score (nSPS) is 12.6. The van der Waals surface area contributed by atoms with E-state index in [0.29, 0.717) is 0 Å². The first-order chi connectivity index (χ1) is 7.38. The Hall–Kier alpha value is -1.97. The van der Waals surface area contributed by atoms with Crippen molar-refractivity contribution in [3.8, 4) is 5.75 Å². The van der Waals surface area contributed by atoms with Crippen molar-refractivity contribution in [2.45, 2.75) is 6.42 Å². The number of benzene rings is 1. The van der Waals surface area contributed by atoms with Crippen molar-refractivity contribution in [1.29, 1.82) is 0 Å². The minimum atomic E-state index is 0.870. The number of H-pyrrole nitrogens is 1. The molecule has 0 bridgehead atoms. The smallest absolute Gasteiger partial charge is 0.142 e. The predicted octanol–water partition coefficient (Wildman–Crippen LogP) is 2.07. The molecule has 0 spiro atoms. The van der Waals surface area contributed by atoms with Gasteiger partial charge in [-0.1, -0.05) is 12.1 Å². The third-order valence-corrected chi connectivity index (χ3v) is 2.68. The standard InChI is InChI=1S/C11H11N3O/c1-15-10-4-2-3-7-5-8-9(6-12-14-8)13-11(7)10/h2-4,6,13H,5H2,1H3,(H,12,14). The SMILES string of the molecule is COc1cccc2c1Nc1cn[nH]c1C2. The third-order valence-electron chi connectivity index (χ3n) is 2.68. The van der Waals surface area contributed by atoms with Crippen molar-refractivity contribution < 1.29 is 4.74 Å². The molecule has 0 atom stereocenters. The highest BCUT2D eigenvalue weighted by Gasteiger charge is 2.18. The van der Waals surface area contributed by atoms with E-state index in [1.807, 2.05) is 12.1 Å². The molecule has 0 fully saturated rings. The van der Waals surface area contributed by atoms with Crippen LogP contribution in [-0.4, -0.2) is 17.3 Å². The van der Waals surface area contributed by atoms with Gasteiger partial charge < -0.3 is 10.1 Å². The van der Waals surface area contributed by atoms with Crippen LogP contribution >= 0.6 is 0 Å². The highest BCUT2D eigenvalue weighted by Crippen LogP contribution is 2.37. The maximum absolute atomic E-state index is 5.31. The van der Waals surface area contributed by atoms with Crippen molar-refractivity contribution in [2.24, 2.45) is 0 Å². The second kappa shape index (κ2) is 3.02. The molecule has 3 rings (SSSR count). The van der Waals surface area contributed by atoms with Gasteiger partial charge in [0.2, 0.25) is 0 Å². The van der Waals surface area contributed by atoms with Gasteiger partial charge in [-0.2, -0.15) is 5.10 Å². The zero-order valence-corrected chi connectivity index (χ0v) is 8.37. The lowest BCUT2D eigenvalue weighted by molar-refractivity contribution is 0.416. The van der Waals surface area contributed by atoms with E-state index in [1.54, 1.807) is 13.3 Å². The second-order valence-corrected chi connectivity index (χ2v) is 3.56. The van der Waals surface area contributed by atoms with Gasteiger partial charge in [0.05, 0.1) is 30.4 Å². The van der Waals surface area contributed by atoms with Gasteiger partial charge in [0.15, 0.2) is 0 Å². The number of fused-ring (bicyclic) bond motifs is 2. The summed E-state index contributed by atoms with van der Waals surface area (Å²) in [5.41, 5.74) is 4.43. The molecule has 4 nitrogen and oxygen atoms in total. The van der Waals surface area contributed by atoms with Crippen LogP contribution in [0.25, 0.3) is 0 Å². The molecule has 15 heavy (non-hydrogen) atoms. The van der Waals surface area contributed by atoms with Crippen LogP contribution in [0.15, 0.2) is 24.4 Å². The Morgan fingerprint density at radius 2 is 2.33 bits per heavy atom. The lowest BCUT2D eigenvalue weighted by Gasteiger charge is -2.19. The van der Waals surface area contributed by atoms with Crippen molar-refractivity contribution in [2.75, 3.05) is 12.4 Å². The third kappa shape index (κ3) is 1.18. The largest absolute Gasteiger partial charge is 0.495 e. The number of aromatic amines is 1. The number of para-hydroxylation sites is 1. The van der Waals surface area contributed by atoms with Gasteiger partial charge in [-0.05, 0) is 11.6 Å². The molecular formula is C11H11N3O. The molecule has 0 saturated heterocycles. The van der Waals surface area contributed by atoms with Crippen LogP contribution in [0.5, 0.6) is 5.75 Å². The van der Waals surface area contributed by atoms with Gasteiger partial charge in [-0.25, -0.2) is 0 Å². The molecule has 0 amide bonds. The molecule has 1 aromatic heterocycles. The summed E-state index contributed by atoms with van der Waals surface area (Å²) in [6.45, 7) is 0. The van der Waals surface area contributed by atoms with Gasteiger partial charge in [0.25, 0.3) is 0 Å². The fraction of sp³-hybridized carbons (Fsp3) is 0.182. The van der Waals surface area contributed by atoms with Crippen LogP contribution in [0.1, 0.15) is 11.3 Å². The first-order valence-corrected chi connectivity index (χ1v) is 4.83. The average molecular weight is 201 g/mol. The van der Waals surface area contributed by atoms with Crippen molar-refractivity contribution in [1.82, 2.24) is 10.2 Å². The molecule has 4 heteroatoms. The molecule has 0 saturated carbocycles. The number of aromatic nitrogens is 2. The zero-order chi connectivity index (χ0) is 10.3. The topological polar surface area (TPSA) is 49.9 Å². The molecule has 0 unspecified atom stereocenters. The van der Waals surface area contributed by atoms with Gasteiger partial charge in [0.1, 0.15) is 5.75 Å². The molecule has 76 valence electrons. The molecule has 1 aliphatic rings. The summed E-state index contributed by atoms with van der Waals surface area (Å²) in [6, 6.07) is 6.05. The number of anilines is 2. The molecule has 1 aromatic carbocycles. The van der Waals surface area contributed by atoms with Gasteiger partial charge in [-0.3, -0.25) is 5.10 Å². The van der Waals surface area contributed by atoms with E-state index in [9.17, 15) is 0 Å². The summed E-state index contributed by atoms with van der Waals surface area (Å²) in [6.07, 6.45) is 2.67. The summed E-state index contributed by atoms with van der Waals surface area (Å²) in [4.78, 5) is 0. The minimum absolute atomic E-state index is 0.870. The van der Waals surface area contributed by atoms with E-state index in [-0.39, 0.29) is 0 Å². The number of methoxy groups -OCH3 is 1. The van der Waals surface area contributed by atoms with E-state index < -0.39 is 0 Å². The Labute approximate surface area is 87.3 Å². The van der Waals surface area contributed by atoms with Crippen molar-refractivity contribution in [3.63, 3.8) is 0 Å². The number of hydrogen-bond acceptors (Lipinski definition) is 3. The summed E-state index contributed by atoms with van der Waals surface area (Å²) in [7, 11) is 1.68. The number of nitrogens with one attached hydrogen (secondary N) is 2. The molecule has 0 radical (unpaired) electrons. The Morgan fingerprint density at radius 1 is 1.40 bits per heavy atom. The molecule has 2 heterocycles. The lowest BCUT2D eigenvalue weighted by Crippen LogP contribution is -2.06. The zero-order valence-electron chi connectivity index (χ0n) is 8.37. The number of rotatable bonds is 1. The van der Waals surface area contributed by atoms with Gasteiger partial charge in [-0.15, -0.1) is 0 Å². The maximum atomic E-state index is 5.31. The second-order valence-electron chi connectivity index (χ2n) is 3.56. The van der Waals surface area contributed by atoms with Crippen LogP contribution in [0.3, 0.4) is 0 Å². The molecule has 2 N–H and O–H groups in total. The Morgan fingerprint density at radius 3 is 3.20 bits per heavy atom. The van der Waals surface area contributed by atoms with E-state index in [4.69, 9.17) is 4.74 Å². The fourth-order valence-corrected chi connectivity index (χ4v) is 1.92.